The van der Waals surface area contributed by atoms with Gasteiger partial charge in [-0.1, -0.05) is 48.0 Å². The van der Waals surface area contributed by atoms with Gasteiger partial charge in [0.05, 0.1) is 19.2 Å². The Bertz CT molecular complexity index is 948. The second kappa shape index (κ2) is 9.15. The molecule has 0 saturated carbocycles. The van der Waals surface area contributed by atoms with Crippen molar-refractivity contribution >= 4 is 28.9 Å². The number of nitrogens with one attached hydrogen (secondary N) is 2. The predicted octanol–water partition coefficient (Wildman–Crippen LogP) is 5.15. The van der Waals surface area contributed by atoms with Gasteiger partial charge in [0.15, 0.2) is 0 Å². The van der Waals surface area contributed by atoms with E-state index in [-0.39, 0.29) is 5.91 Å². The van der Waals surface area contributed by atoms with Gasteiger partial charge in [0, 0.05) is 17.4 Å². The lowest BCUT2D eigenvalue weighted by Gasteiger charge is -2.20. The predicted molar refractivity (Wildman–Crippen MR) is 112 cm³/mol. The Labute approximate surface area is 169 Å². The molecule has 2 N–H and O–H groups in total. The molecule has 3 aromatic rings. The van der Waals surface area contributed by atoms with E-state index in [0.717, 1.165) is 5.56 Å². The summed E-state index contributed by atoms with van der Waals surface area (Å²) in [4.78, 5) is 13.1. The summed E-state index contributed by atoms with van der Waals surface area (Å²) in [6.07, 6.45) is 0. The zero-order valence-electron chi connectivity index (χ0n) is 15.6. The maximum absolute atomic E-state index is 13.1. The van der Waals surface area contributed by atoms with Gasteiger partial charge in [0.2, 0.25) is 0 Å². The van der Waals surface area contributed by atoms with E-state index in [1.54, 1.807) is 32.4 Å². The molecular weight excluding hydrogens is 376 g/mol. The highest BCUT2D eigenvalue weighted by atomic mass is 35.5. The first kappa shape index (κ1) is 19.6. The standard InChI is InChI=1S/C22H21ClN2O3/c1-27-18-10-6-9-16(13-18)25-22(26)21(15-7-4-3-5-8-15)24-17-11-12-20(28-2)19(23)14-17/h3-14,21,24H,1-2H3,(H,25,26)/t21-/m1/s1. The minimum atomic E-state index is -0.614. The van der Waals surface area contributed by atoms with E-state index in [2.05, 4.69) is 10.6 Å². The van der Waals surface area contributed by atoms with Crippen LogP contribution in [-0.4, -0.2) is 20.1 Å². The number of benzene rings is 3. The van der Waals surface area contributed by atoms with Crippen molar-refractivity contribution < 1.29 is 14.3 Å². The van der Waals surface area contributed by atoms with Crippen molar-refractivity contribution in [1.82, 2.24) is 0 Å². The van der Waals surface area contributed by atoms with Crippen LogP contribution < -0.4 is 20.1 Å². The topological polar surface area (TPSA) is 59.6 Å². The number of carbonyl (C=O) groups excluding carboxylic acids is 1. The third-order valence-electron chi connectivity index (χ3n) is 4.20. The van der Waals surface area contributed by atoms with E-state index in [4.69, 9.17) is 21.1 Å². The lowest BCUT2D eigenvalue weighted by Crippen LogP contribution is -2.27. The first-order chi connectivity index (χ1) is 13.6. The van der Waals surface area contributed by atoms with Gasteiger partial charge < -0.3 is 20.1 Å². The minimum Gasteiger partial charge on any atom is -0.497 e. The molecule has 0 aromatic heterocycles. The largest absolute Gasteiger partial charge is 0.497 e. The van der Waals surface area contributed by atoms with Gasteiger partial charge in [0.25, 0.3) is 5.91 Å². The summed E-state index contributed by atoms with van der Waals surface area (Å²) in [7, 11) is 3.14. The molecule has 0 aliphatic carbocycles. The summed E-state index contributed by atoms with van der Waals surface area (Å²) in [6, 6.07) is 21.4. The van der Waals surface area contributed by atoms with Crippen LogP contribution in [0, 0.1) is 0 Å². The molecule has 0 fully saturated rings. The third kappa shape index (κ3) is 4.75. The molecule has 0 bridgehead atoms. The number of amides is 1. The first-order valence-electron chi connectivity index (χ1n) is 8.70. The minimum absolute atomic E-state index is 0.202. The fourth-order valence-corrected chi connectivity index (χ4v) is 3.04. The number of ether oxygens (including phenoxy) is 2. The molecular formula is C22H21ClN2O3. The van der Waals surface area contributed by atoms with Gasteiger partial charge in [-0.05, 0) is 35.9 Å². The van der Waals surface area contributed by atoms with Crippen molar-refractivity contribution in [2.45, 2.75) is 6.04 Å². The Balaban J connectivity index is 1.86. The van der Waals surface area contributed by atoms with Crippen LogP contribution >= 0.6 is 11.6 Å². The summed E-state index contributed by atoms with van der Waals surface area (Å²) in [5.74, 6) is 1.04. The van der Waals surface area contributed by atoms with Crippen molar-refractivity contribution in [3.05, 3.63) is 83.4 Å². The van der Waals surface area contributed by atoms with Crippen LogP contribution in [0.1, 0.15) is 11.6 Å². The number of methoxy groups -OCH3 is 2. The number of hydrogen-bond donors (Lipinski definition) is 2. The number of carbonyl (C=O) groups is 1. The van der Waals surface area contributed by atoms with E-state index in [0.29, 0.717) is 27.9 Å². The van der Waals surface area contributed by atoms with E-state index < -0.39 is 6.04 Å². The van der Waals surface area contributed by atoms with E-state index in [1.807, 2.05) is 54.6 Å². The van der Waals surface area contributed by atoms with Gasteiger partial charge in [-0.25, -0.2) is 0 Å². The van der Waals surface area contributed by atoms with Crippen LogP contribution in [0.4, 0.5) is 11.4 Å². The quantitative estimate of drug-likeness (QED) is 0.579. The van der Waals surface area contributed by atoms with Crippen LogP contribution in [0.3, 0.4) is 0 Å². The third-order valence-corrected chi connectivity index (χ3v) is 4.49. The van der Waals surface area contributed by atoms with Crippen LogP contribution in [0.25, 0.3) is 0 Å². The van der Waals surface area contributed by atoms with Crippen LogP contribution in [0.5, 0.6) is 11.5 Å². The molecule has 3 aromatic carbocycles. The molecule has 0 heterocycles. The van der Waals surface area contributed by atoms with Gasteiger partial charge in [-0.15, -0.1) is 0 Å². The molecule has 0 spiro atoms. The van der Waals surface area contributed by atoms with Gasteiger partial charge >= 0.3 is 0 Å². The van der Waals surface area contributed by atoms with E-state index >= 15 is 0 Å². The molecule has 0 unspecified atom stereocenters. The molecule has 0 radical (unpaired) electrons. The summed E-state index contributed by atoms with van der Waals surface area (Å²) < 4.78 is 10.4. The summed E-state index contributed by atoms with van der Waals surface area (Å²) >= 11 is 6.22. The molecule has 6 heteroatoms. The average Bonchev–Trinajstić information content (AvgIpc) is 2.73. The Morgan fingerprint density at radius 2 is 1.68 bits per heavy atom. The number of halogens is 1. The summed E-state index contributed by atoms with van der Waals surface area (Å²) in [5.41, 5.74) is 2.19. The van der Waals surface area contributed by atoms with Crippen LogP contribution in [0.2, 0.25) is 5.02 Å². The molecule has 1 amide bonds. The Hall–Kier alpha value is -3.18. The second-order valence-electron chi connectivity index (χ2n) is 6.06. The zero-order valence-corrected chi connectivity index (χ0v) is 16.4. The Morgan fingerprint density at radius 1 is 0.893 bits per heavy atom. The maximum Gasteiger partial charge on any atom is 0.251 e. The number of anilines is 2. The van der Waals surface area contributed by atoms with E-state index in [9.17, 15) is 4.79 Å². The summed E-state index contributed by atoms with van der Waals surface area (Å²) in [5, 5.41) is 6.65. The fraction of sp³-hybridized carbons (Fsp3) is 0.136. The Kier molecular flexibility index (Phi) is 6.40. The summed E-state index contributed by atoms with van der Waals surface area (Å²) in [6.45, 7) is 0. The fourth-order valence-electron chi connectivity index (χ4n) is 2.78. The molecule has 0 aliphatic rings. The van der Waals surface area contributed by atoms with Crippen molar-refractivity contribution in [2.75, 3.05) is 24.9 Å². The number of hydrogen-bond acceptors (Lipinski definition) is 4. The van der Waals surface area contributed by atoms with Gasteiger partial charge in [-0.3, -0.25) is 4.79 Å². The van der Waals surface area contributed by atoms with E-state index in [1.165, 1.54) is 0 Å². The van der Waals surface area contributed by atoms with Gasteiger partial charge in [-0.2, -0.15) is 0 Å². The molecule has 28 heavy (non-hydrogen) atoms. The lowest BCUT2D eigenvalue weighted by molar-refractivity contribution is -0.117. The number of rotatable bonds is 7. The van der Waals surface area contributed by atoms with Gasteiger partial charge in [0.1, 0.15) is 17.5 Å². The first-order valence-corrected chi connectivity index (χ1v) is 9.08. The zero-order chi connectivity index (χ0) is 19.9. The van der Waals surface area contributed by atoms with Crippen LogP contribution in [0.15, 0.2) is 72.8 Å². The molecule has 144 valence electrons. The molecule has 5 nitrogen and oxygen atoms in total. The van der Waals surface area contributed by atoms with Crippen molar-refractivity contribution in [3.8, 4) is 11.5 Å². The highest BCUT2D eigenvalue weighted by Crippen LogP contribution is 2.30. The normalized spacial score (nSPS) is 11.4. The molecule has 1 atom stereocenters. The maximum atomic E-state index is 13.1. The Morgan fingerprint density at radius 3 is 2.36 bits per heavy atom. The van der Waals surface area contributed by atoms with Crippen molar-refractivity contribution in [1.29, 1.82) is 0 Å². The SMILES string of the molecule is COc1cccc(NC(=O)[C@H](Nc2ccc(OC)c(Cl)c2)c2ccccc2)c1. The van der Waals surface area contributed by atoms with Crippen molar-refractivity contribution in [2.24, 2.45) is 0 Å². The van der Waals surface area contributed by atoms with Crippen LogP contribution in [-0.2, 0) is 4.79 Å². The van der Waals surface area contributed by atoms with Crippen molar-refractivity contribution in [3.63, 3.8) is 0 Å². The molecule has 0 saturated heterocycles. The monoisotopic (exact) mass is 396 g/mol. The highest BCUT2D eigenvalue weighted by Gasteiger charge is 2.21. The second-order valence-corrected chi connectivity index (χ2v) is 6.47. The molecule has 0 aliphatic heterocycles. The smallest absolute Gasteiger partial charge is 0.251 e. The highest BCUT2D eigenvalue weighted by molar-refractivity contribution is 6.32. The average molecular weight is 397 g/mol. The molecule has 3 rings (SSSR count). The lowest BCUT2D eigenvalue weighted by atomic mass is 10.1.